The second kappa shape index (κ2) is 7.04. The average molecular weight is 255 g/mol. The summed E-state index contributed by atoms with van der Waals surface area (Å²) >= 11 is 2.25. The van der Waals surface area contributed by atoms with Gasteiger partial charge in [-0.2, -0.15) is 11.8 Å². The fraction of sp³-hybridized carbons (Fsp3) is 1.00. The van der Waals surface area contributed by atoms with E-state index in [1.54, 1.807) is 0 Å². The van der Waals surface area contributed by atoms with E-state index in [0.717, 1.165) is 16.4 Å². The van der Waals surface area contributed by atoms with E-state index in [9.17, 15) is 0 Å². The molecule has 0 aromatic rings. The maximum absolute atomic E-state index is 6.33. The fourth-order valence-electron chi connectivity index (χ4n) is 3.51. The summed E-state index contributed by atoms with van der Waals surface area (Å²) in [6.45, 7) is 2.32. The first-order chi connectivity index (χ1) is 8.29. The molecule has 2 fully saturated rings. The smallest absolute Gasteiger partial charge is 0.0204 e. The first kappa shape index (κ1) is 13.7. The second-order valence-corrected chi connectivity index (χ2v) is 7.61. The average Bonchev–Trinajstić information content (AvgIpc) is 2.35. The molecule has 0 saturated heterocycles. The van der Waals surface area contributed by atoms with E-state index in [0.29, 0.717) is 6.04 Å². The summed E-state index contributed by atoms with van der Waals surface area (Å²) in [6, 6.07) is 0.482. The van der Waals surface area contributed by atoms with Crippen molar-refractivity contribution in [3.05, 3.63) is 0 Å². The van der Waals surface area contributed by atoms with E-state index in [-0.39, 0.29) is 0 Å². The monoisotopic (exact) mass is 255 g/mol. The minimum atomic E-state index is 0.482. The highest BCUT2D eigenvalue weighted by molar-refractivity contribution is 8.00. The summed E-state index contributed by atoms with van der Waals surface area (Å²) in [4.78, 5) is 0. The van der Waals surface area contributed by atoms with Gasteiger partial charge in [0.2, 0.25) is 0 Å². The maximum Gasteiger partial charge on any atom is 0.0204 e. The Balaban J connectivity index is 1.80. The lowest BCUT2D eigenvalue weighted by atomic mass is 9.83. The lowest BCUT2D eigenvalue weighted by Gasteiger charge is -2.36. The van der Waals surface area contributed by atoms with Gasteiger partial charge in [-0.15, -0.1) is 0 Å². The van der Waals surface area contributed by atoms with Crippen LogP contribution in [-0.4, -0.2) is 16.5 Å². The Morgan fingerprint density at radius 1 is 1.06 bits per heavy atom. The molecule has 2 aliphatic rings. The van der Waals surface area contributed by atoms with Crippen LogP contribution in [-0.2, 0) is 0 Å². The van der Waals surface area contributed by atoms with Crippen LogP contribution in [0.25, 0.3) is 0 Å². The van der Waals surface area contributed by atoms with Gasteiger partial charge in [0, 0.05) is 16.5 Å². The van der Waals surface area contributed by atoms with Gasteiger partial charge in [-0.25, -0.2) is 0 Å². The Kier molecular flexibility index (Phi) is 5.68. The van der Waals surface area contributed by atoms with Crippen molar-refractivity contribution in [2.75, 3.05) is 0 Å². The van der Waals surface area contributed by atoms with Crippen molar-refractivity contribution in [1.82, 2.24) is 0 Å². The van der Waals surface area contributed by atoms with Gasteiger partial charge in [-0.05, 0) is 38.0 Å². The lowest BCUT2D eigenvalue weighted by molar-refractivity contribution is 0.316. The highest BCUT2D eigenvalue weighted by Crippen LogP contribution is 2.39. The number of rotatable bonds is 4. The molecule has 0 bridgehead atoms. The number of thioether (sulfide) groups is 1. The summed E-state index contributed by atoms with van der Waals surface area (Å²) in [6.07, 6.45) is 14.1. The quantitative estimate of drug-likeness (QED) is 0.808. The van der Waals surface area contributed by atoms with Gasteiger partial charge in [0.15, 0.2) is 0 Å². The van der Waals surface area contributed by atoms with Crippen LogP contribution in [0.4, 0.5) is 0 Å². The zero-order valence-electron chi connectivity index (χ0n) is 11.4. The molecule has 0 radical (unpaired) electrons. The molecule has 2 saturated carbocycles. The second-order valence-electron chi connectivity index (χ2n) is 6.07. The minimum Gasteiger partial charge on any atom is -0.327 e. The summed E-state index contributed by atoms with van der Waals surface area (Å²) in [5.74, 6) is 0.973. The Morgan fingerprint density at radius 2 is 1.82 bits per heavy atom. The predicted octanol–water partition coefficient (Wildman–Crippen LogP) is 4.35. The normalized spacial score (nSPS) is 36.0. The van der Waals surface area contributed by atoms with Crippen LogP contribution >= 0.6 is 11.8 Å². The van der Waals surface area contributed by atoms with Crippen LogP contribution in [0.5, 0.6) is 0 Å². The molecule has 2 heteroatoms. The zero-order valence-corrected chi connectivity index (χ0v) is 12.2. The van der Waals surface area contributed by atoms with Gasteiger partial charge in [-0.3, -0.25) is 0 Å². The summed E-state index contributed by atoms with van der Waals surface area (Å²) in [5.41, 5.74) is 6.33. The van der Waals surface area contributed by atoms with Crippen molar-refractivity contribution >= 4 is 11.8 Å². The van der Waals surface area contributed by atoms with E-state index in [2.05, 4.69) is 18.7 Å². The predicted molar refractivity (Wildman–Crippen MR) is 78.5 cm³/mol. The molecule has 0 aromatic carbocycles. The molecule has 0 aromatic heterocycles. The molecule has 2 aliphatic carbocycles. The number of hydrogen-bond donors (Lipinski definition) is 1. The van der Waals surface area contributed by atoms with Gasteiger partial charge >= 0.3 is 0 Å². The van der Waals surface area contributed by atoms with Crippen LogP contribution in [0.15, 0.2) is 0 Å². The highest BCUT2D eigenvalue weighted by atomic mass is 32.2. The highest BCUT2D eigenvalue weighted by Gasteiger charge is 2.30. The third kappa shape index (κ3) is 4.17. The van der Waals surface area contributed by atoms with Gasteiger partial charge in [0.1, 0.15) is 0 Å². The SMILES string of the molecule is CCCC1CCC(N)C(SC2CCCCC2)C1. The van der Waals surface area contributed by atoms with Crippen LogP contribution in [0.2, 0.25) is 0 Å². The summed E-state index contributed by atoms with van der Waals surface area (Å²) < 4.78 is 0. The van der Waals surface area contributed by atoms with Crippen molar-refractivity contribution in [3.63, 3.8) is 0 Å². The van der Waals surface area contributed by atoms with E-state index in [4.69, 9.17) is 5.73 Å². The van der Waals surface area contributed by atoms with Gasteiger partial charge in [-0.1, -0.05) is 39.0 Å². The Hall–Kier alpha value is 0.310. The molecular weight excluding hydrogens is 226 g/mol. The minimum absolute atomic E-state index is 0.482. The van der Waals surface area contributed by atoms with Crippen LogP contribution < -0.4 is 5.73 Å². The Labute approximate surface area is 111 Å². The summed E-state index contributed by atoms with van der Waals surface area (Å²) in [5, 5.41) is 1.70. The molecule has 0 aliphatic heterocycles. The van der Waals surface area contributed by atoms with Crippen molar-refractivity contribution in [2.24, 2.45) is 11.7 Å². The molecule has 2 rings (SSSR count). The van der Waals surface area contributed by atoms with Crippen molar-refractivity contribution in [2.45, 2.75) is 87.7 Å². The molecule has 3 atom stereocenters. The third-order valence-electron chi connectivity index (χ3n) is 4.57. The number of nitrogens with two attached hydrogens (primary N) is 1. The molecule has 3 unspecified atom stereocenters. The number of hydrogen-bond acceptors (Lipinski definition) is 2. The molecule has 0 heterocycles. The van der Waals surface area contributed by atoms with Crippen LogP contribution in [0, 0.1) is 5.92 Å². The standard InChI is InChI=1S/C15H29NS/c1-2-6-12-9-10-14(16)15(11-12)17-13-7-4-3-5-8-13/h12-15H,2-11,16H2,1H3. The van der Waals surface area contributed by atoms with Crippen molar-refractivity contribution in [1.29, 1.82) is 0 Å². The molecule has 100 valence electrons. The fourth-order valence-corrected chi connectivity index (χ4v) is 5.33. The third-order valence-corrected chi connectivity index (χ3v) is 6.32. The first-order valence-corrected chi connectivity index (χ1v) is 8.65. The molecule has 17 heavy (non-hydrogen) atoms. The van der Waals surface area contributed by atoms with E-state index in [1.165, 1.54) is 64.2 Å². The topological polar surface area (TPSA) is 26.0 Å². The molecule has 2 N–H and O–H groups in total. The Morgan fingerprint density at radius 3 is 2.53 bits per heavy atom. The first-order valence-electron chi connectivity index (χ1n) is 7.70. The van der Waals surface area contributed by atoms with Crippen LogP contribution in [0.3, 0.4) is 0 Å². The van der Waals surface area contributed by atoms with Crippen molar-refractivity contribution in [3.8, 4) is 0 Å². The molecule has 0 spiro atoms. The lowest BCUT2D eigenvalue weighted by Crippen LogP contribution is -2.39. The Bertz CT molecular complexity index is 213. The van der Waals surface area contributed by atoms with E-state index < -0.39 is 0 Å². The van der Waals surface area contributed by atoms with Gasteiger partial charge < -0.3 is 5.73 Å². The van der Waals surface area contributed by atoms with Gasteiger partial charge in [0.05, 0.1) is 0 Å². The van der Waals surface area contributed by atoms with E-state index >= 15 is 0 Å². The van der Waals surface area contributed by atoms with Gasteiger partial charge in [0.25, 0.3) is 0 Å². The molecular formula is C15H29NS. The van der Waals surface area contributed by atoms with E-state index in [1.807, 2.05) is 0 Å². The largest absolute Gasteiger partial charge is 0.327 e. The molecule has 1 nitrogen and oxygen atoms in total. The maximum atomic E-state index is 6.33. The zero-order chi connectivity index (χ0) is 12.1. The summed E-state index contributed by atoms with van der Waals surface area (Å²) in [7, 11) is 0. The molecule has 0 amide bonds. The van der Waals surface area contributed by atoms with Crippen LogP contribution in [0.1, 0.15) is 71.1 Å². The van der Waals surface area contributed by atoms with Crippen molar-refractivity contribution < 1.29 is 0 Å².